The van der Waals surface area contributed by atoms with Gasteiger partial charge in [0.25, 0.3) is 5.91 Å². The van der Waals surface area contributed by atoms with E-state index in [1.807, 2.05) is 30.3 Å². The minimum absolute atomic E-state index is 0.0242. The van der Waals surface area contributed by atoms with Crippen LogP contribution in [-0.4, -0.2) is 10.9 Å². The molecule has 2 aromatic carbocycles. The highest BCUT2D eigenvalue weighted by Gasteiger charge is 2.17. The van der Waals surface area contributed by atoms with E-state index in [0.29, 0.717) is 28.0 Å². The van der Waals surface area contributed by atoms with Gasteiger partial charge >= 0.3 is 0 Å². The number of aromatic nitrogens is 1. The van der Waals surface area contributed by atoms with Crippen LogP contribution in [0.25, 0.3) is 10.9 Å². The lowest BCUT2D eigenvalue weighted by Gasteiger charge is -2.11. The van der Waals surface area contributed by atoms with Gasteiger partial charge in [-0.1, -0.05) is 43.1 Å². The molecule has 0 aliphatic rings. The van der Waals surface area contributed by atoms with Gasteiger partial charge in [-0.2, -0.15) is 0 Å². The SMILES string of the molecule is CCCc1ccc2[nH]c(Cc3ccc(Cl)cc3)c(C(N)=O)c(=O)c2c1. The fourth-order valence-corrected chi connectivity index (χ4v) is 3.15. The number of carbonyl (C=O) groups is 1. The monoisotopic (exact) mass is 354 g/mol. The second-order valence-electron chi connectivity index (χ2n) is 6.11. The van der Waals surface area contributed by atoms with Gasteiger partial charge in [-0.3, -0.25) is 9.59 Å². The number of halogens is 1. The number of pyridine rings is 1. The average Bonchev–Trinajstić information content (AvgIpc) is 2.57. The molecule has 128 valence electrons. The number of nitrogens with two attached hydrogens (primary N) is 1. The van der Waals surface area contributed by atoms with E-state index >= 15 is 0 Å². The lowest BCUT2D eigenvalue weighted by atomic mass is 10.00. The van der Waals surface area contributed by atoms with Gasteiger partial charge in [0, 0.05) is 28.0 Å². The first-order chi connectivity index (χ1) is 12.0. The Balaban J connectivity index is 2.15. The van der Waals surface area contributed by atoms with E-state index in [0.717, 1.165) is 24.0 Å². The number of carbonyl (C=O) groups excluding carboxylic acids is 1. The average molecular weight is 355 g/mol. The van der Waals surface area contributed by atoms with Crippen molar-refractivity contribution in [3.8, 4) is 0 Å². The largest absolute Gasteiger partial charge is 0.365 e. The van der Waals surface area contributed by atoms with E-state index in [-0.39, 0.29) is 11.0 Å². The molecule has 1 amide bonds. The third-order valence-electron chi connectivity index (χ3n) is 4.22. The van der Waals surface area contributed by atoms with Gasteiger partial charge in [-0.15, -0.1) is 0 Å². The topological polar surface area (TPSA) is 76.0 Å². The van der Waals surface area contributed by atoms with Gasteiger partial charge in [-0.05, 0) is 41.8 Å². The Morgan fingerprint density at radius 2 is 1.80 bits per heavy atom. The molecule has 0 fully saturated rings. The number of amides is 1. The van der Waals surface area contributed by atoms with Crippen molar-refractivity contribution in [1.82, 2.24) is 4.98 Å². The van der Waals surface area contributed by atoms with Crippen LogP contribution in [0.3, 0.4) is 0 Å². The van der Waals surface area contributed by atoms with Crippen LogP contribution in [0.1, 0.15) is 40.5 Å². The lowest BCUT2D eigenvalue weighted by Crippen LogP contribution is -2.25. The summed E-state index contributed by atoms with van der Waals surface area (Å²) in [4.78, 5) is 28.0. The van der Waals surface area contributed by atoms with Gasteiger partial charge < -0.3 is 10.7 Å². The van der Waals surface area contributed by atoms with Crippen molar-refractivity contribution in [3.63, 3.8) is 0 Å². The van der Waals surface area contributed by atoms with E-state index in [4.69, 9.17) is 17.3 Å². The van der Waals surface area contributed by atoms with Gasteiger partial charge in [0.2, 0.25) is 5.43 Å². The quantitative estimate of drug-likeness (QED) is 0.730. The summed E-state index contributed by atoms with van der Waals surface area (Å²) in [6.45, 7) is 2.08. The van der Waals surface area contributed by atoms with Crippen LogP contribution in [0, 0.1) is 0 Å². The molecule has 0 atom stereocenters. The number of rotatable bonds is 5. The van der Waals surface area contributed by atoms with Crippen molar-refractivity contribution in [1.29, 1.82) is 0 Å². The first-order valence-corrected chi connectivity index (χ1v) is 8.59. The Morgan fingerprint density at radius 3 is 2.44 bits per heavy atom. The third-order valence-corrected chi connectivity index (χ3v) is 4.47. The predicted molar refractivity (Wildman–Crippen MR) is 101 cm³/mol. The Hall–Kier alpha value is -2.59. The molecule has 0 radical (unpaired) electrons. The second kappa shape index (κ2) is 7.11. The van der Waals surface area contributed by atoms with Crippen LogP contribution in [-0.2, 0) is 12.8 Å². The Morgan fingerprint density at radius 1 is 1.12 bits per heavy atom. The van der Waals surface area contributed by atoms with Gasteiger partial charge in [0.15, 0.2) is 0 Å². The maximum atomic E-state index is 12.8. The van der Waals surface area contributed by atoms with Crippen molar-refractivity contribution in [2.24, 2.45) is 5.73 Å². The second-order valence-corrected chi connectivity index (χ2v) is 6.54. The number of benzene rings is 2. The normalized spacial score (nSPS) is 11.0. The predicted octanol–water partition coefficient (Wildman–Crippen LogP) is 3.82. The molecule has 1 heterocycles. The molecule has 3 aromatic rings. The smallest absolute Gasteiger partial charge is 0.254 e. The molecule has 0 bridgehead atoms. The summed E-state index contributed by atoms with van der Waals surface area (Å²) in [5.41, 5.74) is 8.44. The highest BCUT2D eigenvalue weighted by Crippen LogP contribution is 2.18. The molecule has 0 unspecified atom stereocenters. The molecule has 0 aliphatic carbocycles. The number of hydrogen-bond acceptors (Lipinski definition) is 2. The summed E-state index contributed by atoms with van der Waals surface area (Å²) in [7, 11) is 0. The van der Waals surface area contributed by atoms with Crippen molar-refractivity contribution in [3.05, 3.63) is 80.1 Å². The Bertz CT molecular complexity index is 991. The molecule has 0 aliphatic heterocycles. The number of aryl methyl sites for hydroxylation is 1. The van der Waals surface area contributed by atoms with Crippen LogP contribution in [0.15, 0.2) is 47.3 Å². The van der Waals surface area contributed by atoms with Gasteiger partial charge in [0.05, 0.1) is 0 Å². The zero-order valence-corrected chi connectivity index (χ0v) is 14.7. The van der Waals surface area contributed by atoms with Gasteiger partial charge in [-0.25, -0.2) is 0 Å². The Kier molecular flexibility index (Phi) is 4.91. The fraction of sp³-hybridized carbons (Fsp3) is 0.200. The molecule has 3 rings (SSSR count). The molecule has 0 saturated carbocycles. The van der Waals surface area contributed by atoms with Crippen molar-refractivity contribution in [2.75, 3.05) is 0 Å². The molecule has 4 nitrogen and oxygen atoms in total. The number of primary amides is 1. The number of H-pyrrole nitrogens is 1. The standard InChI is InChI=1S/C20H19ClN2O2/c1-2-3-12-6-9-16-15(10-12)19(24)18(20(22)25)17(23-16)11-13-4-7-14(21)8-5-13/h4-10H,2-3,11H2,1H3,(H2,22,25)(H,23,24). The van der Waals surface area contributed by atoms with Crippen LogP contribution in [0.5, 0.6) is 0 Å². The zero-order valence-electron chi connectivity index (χ0n) is 13.9. The van der Waals surface area contributed by atoms with Gasteiger partial charge in [0.1, 0.15) is 5.56 Å². The van der Waals surface area contributed by atoms with E-state index in [1.54, 1.807) is 12.1 Å². The maximum Gasteiger partial charge on any atom is 0.254 e. The van der Waals surface area contributed by atoms with E-state index < -0.39 is 5.91 Å². The first-order valence-electron chi connectivity index (χ1n) is 8.21. The minimum atomic E-state index is -0.715. The van der Waals surface area contributed by atoms with Crippen LogP contribution in [0.2, 0.25) is 5.02 Å². The summed E-state index contributed by atoms with van der Waals surface area (Å²) in [5.74, 6) is -0.715. The molecular weight excluding hydrogens is 336 g/mol. The summed E-state index contributed by atoms with van der Waals surface area (Å²) in [5, 5.41) is 1.13. The molecule has 25 heavy (non-hydrogen) atoms. The van der Waals surface area contributed by atoms with Crippen LogP contribution in [0.4, 0.5) is 0 Å². The summed E-state index contributed by atoms with van der Waals surface area (Å²) >= 11 is 5.91. The maximum absolute atomic E-state index is 12.8. The van der Waals surface area contributed by atoms with Crippen LogP contribution >= 0.6 is 11.6 Å². The van der Waals surface area contributed by atoms with E-state index in [9.17, 15) is 9.59 Å². The fourth-order valence-electron chi connectivity index (χ4n) is 3.03. The minimum Gasteiger partial charge on any atom is -0.365 e. The summed E-state index contributed by atoms with van der Waals surface area (Å²) < 4.78 is 0. The molecule has 1 aromatic heterocycles. The lowest BCUT2D eigenvalue weighted by molar-refractivity contribution is 0.0998. The molecule has 5 heteroatoms. The molecular formula is C20H19ClN2O2. The summed E-state index contributed by atoms with van der Waals surface area (Å²) in [6.07, 6.45) is 2.27. The number of nitrogens with one attached hydrogen (secondary N) is 1. The molecule has 3 N–H and O–H groups in total. The number of fused-ring (bicyclic) bond motifs is 1. The molecule has 0 spiro atoms. The molecule has 0 saturated heterocycles. The van der Waals surface area contributed by atoms with Crippen molar-refractivity contribution >= 4 is 28.4 Å². The first kappa shape index (κ1) is 17.2. The van der Waals surface area contributed by atoms with Crippen molar-refractivity contribution < 1.29 is 4.79 Å². The third kappa shape index (κ3) is 3.59. The Labute approximate surface area is 150 Å². The van der Waals surface area contributed by atoms with Crippen LogP contribution < -0.4 is 11.2 Å². The van der Waals surface area contributed by atoms with Crippen molar-refractivity contribution in [2.45, 2.75) is 26.2 Å². The highest BCUT2D eigenvalue weighted by molar-refractivity contribution is 6.30. The van der Waals surface area contributed by atoms with E-state index in [1.165, 1.54) is 0 Å². The highest BCUT2D eigenvalue weighted by atomic mass is 35.5. The zero-order chi connectivity index (χ0) is 18.0. The van der Waals surface area contributed by atoms with E-state index in [2.05, 4.69) is 11.9 Å². The summed E-state index contributed by atoms with van der Waals surface area (Å²) in [6, 6.07) is 13.0. The number of aromatic amines is 1. The number of hydrogen-bond donors (Lipinski definition) is 2.